The number of hydrogen-bond donors (Lipinski definition) is 1. The van der Waals surface area contributed by atoms with Gasteiger partial charge in [-0.25, -0.2) is 0 Å². The Kier molecular flexibility index (Phi) is 4.26. The van der Waals surface area contributed by atoms with Crippen molar-refractivity contribution in [2.24, 2.45) is 11.8 Å². The van der Waals surface area contributed by atoms with Crippen molar-refractivity contribution in [1.29, 1.82) is 0 Å². The fourth-order valence-electron chi connectivity index (χ4n) is 2.90. The van der Waals surface area contributed by atoms with Gasteiger partial charge in [0.1, 0.15) is 0 Å². The Hall–Kier alpha value is -0.340. The molecular formula is C15H24OS. The molecular weight excluding hydrogens is 228 g/mol. The van der Waals surface area contributed by atoms with E-state index in [0.717, 1.165) is 37.5 Å². The van der Waals surface area contributed by atoms with Crippen LogP contribution in [0.4, 0.5) is 0 Å². The molecule has 0 unspecified atom stereocenters. The molecule has 1 heterocycles. The molecule has 96 valence electrons. The Bertz CT molecular complexity index is 321. The third-order valence-corrected chi connectivity index (χ3v) is 5.26. The summed E-state index contributed by atoms with van der Waals surface area (Å²) in [6.07, 6.45) is 6.40. The van der Waals surface area contributed by atoms with Gasteiger partial charge in [0.15, 0.2) is 0 Å². The fraction of sp³-hybridized carbons (Fsp3) is 0.733. The maximum atomic E-state index is 10.6. The van der Waals surface area contributed by atoms with Gasteiger partial charge < -0.3 is 5.11 Å². The molecule has 2 rings (SSSR count). The summed E-state index contributed by atoms with van der Waals surface area (Å²) in [5.41, 5.74) is -0.380. The summed E-state index contributed by atoms with van der Waals surface area (Å²) in [6.45, 7) is 4.61. The van der Waals surface area contributed by atoms with Crippen LogP contribution < -0.4 is 0 Å². The number of aliphatic hydroxyl groups is 1. The van der Waals surface area contributed by atoms with Gasteiger partial charge >= 0.3 is 0 Å². The molecule has 1 N–H and O–H groups in total. The molecule has 1 saturated carbocycles. The van der Waals surface area contributed by atoms with Crippen LogP contribution >= 0.6 is 11.3 Å². The lowest BCUT2D eigenvalue weighted by atomic mass is 9.73. The molecule has 0 saturated heterocycles. The van der Waals surface area contributed by atoms with Gasteiger partial charge in [-0.15, -0.1) is 11.3 Å². The normalized spacial score (nSPS) is 29.8. The van der Waals surface area contributed by atoms with Crippen LogP contribution in [-0.4, -0.2) is 10.7 Å². The minimum atomic E-state index is -0.380. The number of hydrogen-bond acceptors (Lipinski definition) is 2. The van der Waals surface area contributed by atoms with E-state index in [2.05, 4.69) is 31.4 Å². The maximum Gasteiger partial charge on any atom is 0.0651 e. The van der Waals surface area contributed by atoms with E-state index in [1.165, 1.54) is 17.7 Å². The Labute approximate surface area is 109 Å². The molecule has 0 aromatic carbocycles. The molecule has 1 aliphatic rings. The van der Waals surface area contributed by atoms with Crippen molar-refractivity contribution in [1.82, 2.24) is 0 Å². The lowest BCUT2D eigenvalue weighted by Crippen LogP contribution is -2.35. The van der Waals surface area contributed by atoms with Crippen molar-refractivity contribution in [2.75, 3.05) is 0 Å². The van der Waals surface area contributed by atoms with Gasteiger partial charge in [0.05, 0.1) is 5.60 Å². The van der Waals surface area contributed by atoms with Crippen LogP contribution in [0.15, 0.2) is 17.5 Å². The molecule has 0 atom stereocenters. The zero-order valence-corrected chi connectivity index (χ0v) is 11.8. The molecule has 0 bridgehead atoms. The third-order valence-electron chi connectivity index (χ3n) is 4.32. The largest absolute Gasteiger partial charge is 0.390 e. The number of aryl methyl sites for hydroxylation is 1. The Morgan fingerprint density at radius 1 is 1.41 bits per heavy atom. The third kappa shape index (κ3) is 3.56. The van der Waals surface area contributed by atoms with Crippen LogP contribution in [-0.2, 0) is 6.42 Å². The fourth-order valence-corrected chi connectivity index (χ4v) is 3.61. The first kappa shape index (κ1) is 13.1. The molecule has 1 aliphatic carbocycles. The first-order valence-electron chi connectivity index (χ1n) is 6.84. The van der Waals surface area contributed by atoms with Gasteiger partial charge in [0, 0.05) is 4.88 Å². The highest BCUT2D eigenvalue weighted by Crippen LogP contribution is 2.38. The van der Waals surface area contributed by atoms with Gasteiger partial charge in [0.2, 0.25) is 0 Å². The minimum Gasteiger partial charge on any atom is -0.390 e. The monoisotopic (exact) mass is 252 g/mol. The molecule has 0 amide bonds. The standard InChI is InChI=1S/C15H24OS/c1-12(2)13-5-8-15(16,9-6-13)10-7-14-4-3-11-17-14/h3-4,11-13,16H,5-10H2,1-2H3. The molecule has 0 spiro atoms. The SMILES string of the molecule is CC(C)C1CCC(O)(CCc2cccs2)CC1. The van der Waals surface area contributed by atoms with Crippen molar-refractivity contribution in [2.45, 2.75) is 58.0 Å². The second-order valence-electron chi connectivity index (χ2n) is 5.89. The lowest BCUT2D eigenvalue weighted by molar-refractivity contribution is -0.0215. The highest BCUT2D eigenvalue weighted by Gasteiger charge is 2.33. The summed E-state index contributed by atoms with van der Waals surface area (Å²) in [6, 6.07) is 4.27. The van der Waals surface area contributed by atoms with E-state index in [0.29, 0.717) is 0 Å². The second-order valence-corrected chi connectivity index (χ2v) is 6.92. The molecule has 17 heavy (non-hydrogen) atoms. The van der Waals surface area contributed by atoms with Crippen molar-refractivity contribution in [3.8, 4) is 0 Å². The summed E-state index contributed by atoms with van der Waals surface area (Å²) < 4.78 is 0. The lowest BCUT2D eigenvalue weighted by Gasteiger charge is -2.37. The van der Waals surface area contributed by atoms with Crippen LogP contribution in [0.1, 0.15) is 50.8 Å². The van der Waals surface area contributed by atoms with E-state index in [9.17, 15) is 5.11 Å². The molecule has 1 aromatic rings. The Balaban J connectivity index is 1.81. The van der Waals surface area contributed by atoms with Gasteiger partial charge in [-0.2, -0.15) is 0 Å². The van der Waals surface area contributed by atoms with Crippen molar-refractivity contribution in [3.05, 3.63) is 22.4 Å². The molecule has 2 heteroatoms. The average molecular weight is 252 g/mol. The molecule has 0 aliphatic heterocycles. The maximum absolute atomic E-state index is 10.6. The second kappa shape index (κ2) is 5.53. The quantitative estimate of drug-likeness (QED) is 0.849. The number of thiophene rings is 1. The number of rotatable bonds is 4. The van der Waals surface area contributed by atoms with Gasteiger partial charge in [-0.1, -0.05) is 19.9 Å². The van der Waals surface area contributed by atoms with Gasteiger partial charge in [-0.3, -0.25) is 0 Å². The van der Waals surface area contributed by atoms with E-state index in [-0.39, 0.29) is 5.60 Å². The average Bonchev–Trinajstić information content (AvgIpc) is 2.80. The summed E-state index contributed by atoms with van der Waals surface area (Å²) in [5.74, 6) is 1.61. The summed E-state index contributed by atoms with van der Waals surface area (Å²) in [7, 11) is 0. The first-order valence-corrected chi connectivity index (χ1v) is 7.72. The van der Waals surface area contributed by atoms with E-state index in [1.54, 1.807) is 11.3 Å². The van der Waals surface area contributed by atoms with Crippen LogP contribution in [0.5, 0.6) is 0 Å². The predicted molar refractivity (Wildman–Crippen MR) is 74.4 cm³/mol. The first-order chi connectivity index (χ1) is 8.09. The van der Waals surface area contributed by atoms with Crippen molar-refractivity contribution < 1.29 is 5.11 Å². The van der Waals surface area contributed by atoms with Gasteiger partial charge in [0.25, 0.3) is 0 Å². The van der Waals surface area contributed by atoms with E-state index in [4.69, 9.17) is 0 Å². The van der Waals surface area contributed by atoms with Crippen molar-refractivity contribution in [3.63, 3.8) is 0 Å². The van der Waals surface area contributed by atoms with Crippen molar-refractivity contribution >= 4 is 11.3 Å². The van der Waals surface area contributed by atoms with Crippen LogP contribution in [0.2, 0.25) is 0 Å². The molecule has 1 aromatic heterocycles. The molecule has 0 radical (unpaired) electrons. The van der Waals surface area contributed by atoms with Crippen LogP contribution in [0.25, 0.3) is 0 Å². The van der Waals surface area contributed by atoms with E-state index in [1.807, 2.05) is 0 Å². The van der Waals surface area contributed by atoms with Crippen LogP contribution in [0, 0.1) is 11.8 Å². The smallest absolute Gasteiger partial charge is 0.0651 e. The van der Waals surface area contributed by atoms with E-state index < -0.39 is 0 Å². The van der Waals surface area contributed by atoms with E-state index >= 15 is 0 Å². The highest BCUT2D eigenvalue weighted by atomic mass is 32.1. The topological polar surface area (TPSA) is 20.2 Å². The Morgan fingerprint density at radius 3 is 2.65 bits per heavy atom. The minimum absolute atomic E-state index is 0.380. The predicted octanol–water partition coefficient (Wildman–Crippen LogP) is 4.26. The Morgan fingerprint density at radius 2 is 2.12 bits per heavy atom. The highest BCUT2D eigenvalue weighted by molar-refractivity contribution is 7.09. The summed E-state index contributed by atoms with van der Waals surface area (Å²) >= 11 is 1.80. The zero-order chi connectivity index (χ0) is 12.3. The zero-order valence-electron chi connectivity index (χ0n) is 11.0. The molecule has 1 nitrogen and oxygen atoms in total. The van der Waals surface area contributed by atoms with Gasteiger partial charge in [-0.05, 0) is 61.8 Å². The summed E-state index contributed by atoms with van der Waals surface area (Å²) in [5, 5.41) is 12.7. The van der Waals surface area contributed by atoms with Crippen LogP contribution in [0.3, 0.4) is 0 Å². The summed E-state index contributed by atoms with van der Waals surface area (Å²) in [4.78, 5) is 1.41. The molecule has 1 fully saturated rings.